The second-order valence-corrected chi connectivity index (χ2v) is 9.99. The topological polar surface area (TPSA) is 98.0 Å². The number of halogens is 1. The van der Waals surface area contributed by atoms with Crippen molar-refractivity contribution in [2.24, 2.45) is 13.0 Å². The number of carbonyl (C=O) groups excluding carboxylic acids is 1. The van der Waals surface area contributed by atoms with E-state index in [4.69, 9.17) is 0 Å². The summed E-state index contributed by atoms with van der Waals surface area (Å²) in [5.74, 6) is 0.0372. The number of nitrogens with one attached hydrogen (secondary N) is 2. The van der Waals surface area contributed by atoms with E-state index in [1.165, 1.54) is 24.3 Å². The summed E-state index contributed by atoms with van der Waals surface area (Å²) in [7, 11) is -2.21. The van der Waals surface area contributed by atoms with Crippen molar-refractivity contribution in [2.45, 2.75) is 25.1 Å². The summed E-state index contributed by atoms with van der Waals surface area (Å²) >= 11 is 0. The molecule has 1 aliphatic carbocycles. The number of aryl methyl sites for hydroxylation is 2. The third kappa shape index (κ3) is 4.91. The van der Waals surface area contributed by atoms with Gasteiger partial charge in [0.25, 0.3) is 15.9 Å². The summed E-state index contributed by atoms with van der Waals surface area (Å²) in [5, 5.41) is 7.02. The molecule has 1 fully saturated rings. The zero-order valence-corrected chi connectivity index (χ0v) is 19.3. The molecule has 3 aromatic rings. The van der Waals surface area contributed by atoms with Crippen LogP contribution in [-0.4, -0.2) is 40.6 Å². The van der Waals surface area contributed by atoms with Gasteiger partial charge >= 0.3 is 0 Å². The zero-order valence-electron chi connectivity index (χ0n) is 18.5. The Balaban J connectivity index is 1.57. The van der Waals surface area contributed by atoms with Gasteiger partial charge in [-0.15, -0.1) is 6.58 Å². The second-order valence-electron chi connectivity index (χ2n) is 8.19. The first kappa shape index (κ1) is 22.9. The van der Waals surface area contributed by atoms with Crippen molar-refractivity contribution >= 4 is 32.9 Å². The fraction of sp³-hybridized carbons (Fsp3) is 0.304. The average Bonchev–Trinajstić information content (AvgIpc) is 3.41. The van der Waals surface area contributed by atoms with Gasteiger partial charge in [-0.2, -0.15) is 5.10 Å². The Hall–Kier alpha value is -3.24. The fourth-order valence-electron chi connectivity index (χ4n) is 3.76. The lowest BCUT2D eigenvalue weighted by molar-refractivity contribution is -0.114. The first-order chi connectivity index (χ1) is 15.7. The molecule has 0 aliphatic heterocycles. The zero-order chi connectivity index (χ0) is 23.8. The van der Waals surface area contributed by atoms with E-state index in [1.54, 1.807) is 37.0 Å². The molecule has 1 aliphatic rings. The Morgan fingerprint density at radius 1 is 1.36 bits per heavy atom. The van der Waals surface area contributed by atoms with Crippen LogP contribution < -0.4 is 10.0 Å². The number of hydrogen-bond acceptors (Lipinski definition) is 5. The molecular weight excluding hydrogens is 445 g/mol. The number of benzene rings is 1. The molecule has 2 heterocycles. The van der Waals surface area contributed by atoms with E-state index in [0.29, 0.717) is 29.5 Å². The van der Waals surface area contributed by atoms with Crippen LogP contribution in [0.5, 0.6) is 0 Å². The third-order valence-electron chi connectivity index (χ3n) is 5.61. The SMILES string of the molecule is C=CC(NCC1CC1)S(=O)(=O)NC(=O)/C=C/c1c(C)nn(C)c1-n1ccc2cc(F)ccc21. The smallest absolute Gasteiger partial charge is 0.257 e. The number of aromatic nitrogens is 3. The summed E-state index contributed by atoms with van der Waals surface area (Å²) < 4.78 is 44.3. The Labute approximate surface area is 191 Å². The van der Waals surface area contributed by atoms with Crippen molar-refractivity contribution in [2.75, 3.05) is 6.54 Å². The highest BCUT2D eigenvalue weighted by Gasteiger charge is 2.27. The van der Waals surface area contributed by atoms with Gasteiger partial charge in [0.05, 0.1) is 11.2 Å². The highest BCUT2D eigenvalue weighted by Crippen LogP contribution is 2.28. The number of rotatable bonds is 9. The van der Waals surface area contributed by atoms with Crippen molar-refractivity contribution in [1.29, 1.82) is 0 Å². The summed E-state index contributed by atoms with van der Waals surface area (Å²) in [4.78, 5) is 12.5. The van der Waals surface area contributed by atoms with Crippen molar-refractivity contribution in [3.63, 3.8) is 0 Å². The van der Waals surface area contributed by atoms with Gasteiger partial charge in [0.1, 0.15) is 17.0 Å². The first-order valence-corrected chi connectivity index (χ1v) is 12.1. The van der Waals surface area contributed by atoms with Crippen molar-refractivity contribution in [3.05, 3.63) is 66.3 Å². The van der Waals surface area contributed by atoms with Crippen LogP contribution in [0.2, 0.25) is 0 Å². The summed E-state index contributed by atoms with van der Waals surface area (Å²) in [6.45, 7) is 5.92. The van der Waals surface area contributed by atoms with Crippen LogP contribution in [-0.2, 0) is 21.9 Å². The van der Waals surface area contributed by atoms with Gasteiger partial charge in [-0.3, -0.25) is 14.8 Å². The maximum absolute atomic E-state index is 13.6. The number of fused-ring (bicyclic) bond motifs is 1. The molecule has 1 saturated carbocycles. The highest BCUT2D eigenvalue weighted by atomic mass is 32.2. The predicted molar refractivity (Wildman–Crippen MR) is 126 cm³/mol. The molecule has 10 heteroatoms. The maximum Gasteiger partial charge on any atom is 0.257 e. The molecule has 1 amide bonds. The molecule has 33 heavy (non-hydrogen) atoms. The van der Waals surface area contributed by atoms with E-state index in [1.807, 2.05) is 4.57 Å². The van der Waals surface area contributed by atoms with Gasteiger partial charge in [-0.1, -0.05) is 6.08 Å². The molecule has 1 unspecified atom stereocenters. The van der Waals surface area contributed by atoms with Crippen LogP contribution in [0, 0.1) is 18.7 Å². The molecule has 0 spiro atoms. The second kappa shape index (κ2) is 8.95. The lowest BCUT2D eigenvalue weighted by Gasteiger charge is -2.15. The molecule has 1 atom stereocenters. The van der Waals surface area contributed by atoms with Gasteiger partial charge in [0, 0.05) is 30.3 Å². The lowest BCUT2D eigenvalue weighted by Crippen LogP contribution is -2.44. The Morgan fingerprint density at radius 2 is 2.12 bits per heavy atom. The minimum atomic E-state index is -3.98. The molecule has 4 rings (SSSR count). The molecule has 0 radical (unpaired) electrons. The number of hydrogen-bond donors (Lipinski definition) is 2. The maximum atomic E-state index is 13.6. The van der Waals surface area contributed by atoms with E-state index in [9.17, 15) is 17.6 Å². The Bertz CT molecular complexity index is 1350. The minimum absolute atomic E-state index is 0.330. The molecule has 1 aromatic carbocycles. The number of carbonyl (C=O) groups is 1. The van der Waals surface area contributed by atoms with Crippen molar-refractivity contribution < 1.29 is 17.6 Å². The molecule has 2 N–H and O–H groups in total. The normalized spacial score (nSPS) is 15.2. The Kier molecular flexibility index (Phi) is 6.22. The van der Waals surface area contributed by atoms with Gasteiger partial charge in [-0.05, 0) is 62.6 Å². The largest absolute Gasteiger partial charge is 0.301 e. The molecule has 0 saturated heterocycles. The van der Waals surface area contributed by atoms with E-state index < -0.39 is 21.3 Å². The van der Waals surface area contributed by atoms with Crippen LogP contribution in [0.15, 0.2) is 49.2 Å². The van der Waals surface area contributed by atoms with E-state index >= 15 is 0 Å². The predicted octanol–water partition coefficient (Wildman–Crippen LogP) is 2.78. The Morgan fingerprint density at radius 3 is 2.82 bits per heavy atom. The molecule has 2 aromatic heterocycles. The van der Waals surface area contributed by atoms with Gasteiger partial charge in [-0.25, -0.2) is 17.5 Å². The van der Waals surface area contributed by atoms with Crippen LogP contribution in [0.4, 0.5) is 4.39 Å². The number of nitrogens with zero attached hydrogens (tertiary/aromatic N) is 3. The summed E-state index contributed by atoms with van der Waals surface area (Å²) in [5.41, 5.74) is 2.06. The summed E-state index contributed by atoms with van der Waals surface area (Å²) in [6, 6.07) is 6.28. The van der Waals surface area contributed by atoms with Crippen LogP contribution in [0.1, 0.15) is 24.1 Å². The fourth-order valence-corrected chi connectivity index (χ4v) is 4.81. The van der Waals surface area contributed by atoms with Crippen molar-refractivity contribution in [3.8, 4) is 5.82 Å². The lowest BCUT2D eigenvalue weighted by atomic mass is 10.2. The van der Waals surface area contributed by atoms with Crippen molar-refractivity contribution in [1.82, 2.24) is 24.4 Å². The van der Waals surface area contributed by atoms with Gasteiger partial charge in [0.15, 0.2) is 0 Å². The van der Waals surface area contributed by atoms with Gasteiger partial charge in [0.2, 0.25) is 0 Å². The van der Waals surface area contributed by atoms with Crippen LogP contribution in [0.25, 0.3) is 22.8 Å². The van der Waals surface area contributed by atoms with E-state index in [-0.39, 0.29) is 5.82 Å². The quantitative estimate of drug-likeness (QED) is 0.369. The first-order valence-electron chi connectivity index (χ1n) is 10.6. The third-order valence-corrected chi connectivity index (χ3v) is 7.13. The average molecular weight is 472 g/mol. The minimum Gasteiger partial charge on any atom is -0.301 e. The monoisotopic (exact) mass is 471 g/mol. The van der Waals surface area contributed by atoms with E-state index in [2.05, 4.69) is 21.7 Å². The molecule has 174 valence electrons. The van der Waals surface area contributed by atoms with Crippen LogP contribution >= 0.6 is 0 Å². The van der Waals surface area contributed by atoms with E-state index in [0.717, 1.165) is 29.8 Å². The highest BCUT2D eigenvalue weighted by molar-refractivity contribution is 7.90. The molecule has 0 bridgehead atoms. The molecular formula is C23H26FN5O3S. The van der Waals surface area contributed by atoms with Gasteiger partial charge < -0.3 is 4.57 Å². The standard InChI is InChI=1S/C23H26FN5O3S/c1-4-22(25-14-16-5-6-16)33(31,32)27-21(30)10-8-19-15(2)26-28(3)23(19)29-12-11-17-13-18(24)7-9-20(17)29/h4,7-13,16,22,25H,1,5-6,14H2,2-3H3,(H,27,30)/b10-8+. The number of amides is 1. The molecule has 8 nitrogen and oxygen atoms in total. The summed E-state index contributed by atoms with van der Waals surface area (Å²) in [6.07, 6.45) is 7.90. The number of sulfonamides is 1. The van der Waals surface area contributed by atoms with Crippen LogP contribution in [0.3, 0.4) is 0 Å².